The van der Waals surface area contributed by atoms with Crippen molar-refractivity contribution < 1.29 is 0 Å². The monoisotopic (exact) mass is 307 g/mol. The van der Waals surface area contributed by atoms with Gasteiger partial charge in [-0.25, -0.2) is 0 Å². The first kappa shape index (κ1) is 17.0. The first-order valence-corrected chi connectivity index (χ1v) is 9.61. The van der Waals surface area contributed by atoms with Crippen molar-refractivity contribution >= 4 is 11.3 Å². The van der Waals surface area contributed by atoms with Gasteiger partial charge in [-0.2, -0.15) is 0 Å². The fraction of sp³-hybridized carbons (Fsp3) is 0.789. The van der Waals surface area contributed by atoms with Crippen LogP contribution in [0.2, 0.25) is 0 Å². The number of aryl methyl sites for hydroxylation is 1. The van der Waals surface area contributed by atoms with E-state index in [2.05, 4.69) is 51.4 Å². The first-order chi connectivity index (χ1) is 9.99. The number of hydrogen-bond donors (Lipinski definition) is 1. The van der Waals surface area contributed by atoms with E-state index in [4.69, 9.17) is 0 Å². The molecule has 1 aromatic rings. The molecule has 21 heavy (non-hydrogen) atoms. The van der Waals surface area contributed by atoms with E-state index in [1.165, 1.54) is 31.4 Å². The fourth-order valence-electron chi connectivity index (χ4n) is 3.76. The Balaban J connectivity index is 2.05. The van der Waals surface area contributed by atoms with Crippen molar-refractivity contribution in [1.82, 2.24) is 5.32 Å². The van der Waals surface area contributed by atoms with Crippen molar-refractivity contribution in [2.45, 2.75) is 59.8 Å². The minimum Gasteiger partial charge on any atom is -0.316 e. The summed E-state index contributed by atoms with van der Waals surface area (Å²) in [6.07, 6.45) is 4.22. The molecule has 1 saturated carbocycles. The van der Waals surface area contributed by atoms with Gasteiger partial charge in [-0.15, -0.1) is 11.3 Å². The Morgan fingerprint density at radius 1 is 1.24 bits per heavy atom. The lowest BCUT2D eigenvalue weighted by molar-refractivity contribution is 0.191. The topological polar surface area (TPSA) is 12.0 Å². The Morgan fingerprint density at radius 2 is 2.00 bits per heavy atom. The molecule has 0 radical (unpaired) electrons. The summed E-state index contributed by atoms with van der Waals surface area (Å²) in [4.78, 5) is 1.66. The summed E-state index contributed by atoms with van der Waals surface area (Å²) in [6.45, 7) is 14.0. The van der Waals surface area contributed by atoms with Crippen molar-refractivity contribution in [2.75, 3.05) is 13.1 Å². The maximum absolute atomic E-state index is 3.71. The molecule has 3 atom stereocenters. The highest BCUT2D eigenvalue weighted by atomic mass is 32.1. The first-order valence-electron chi connectivity index (χ1n) is 8.73. The van der Waals surface area contributed by atoms with E-state index in [1.807, 2.05) is 11.3 Å². The van der Waals surface area contributed by atoms with Gasteiger partial charge in [-0.1, -0.05) is 27.7 Å². The van der Waals surface area contributed by atoms with Crippen LogP contribution in [0.4, 0.5) is 0 Å². The molecule has 2 heteroatoms. The minimum absolute atomic E-state index is 0.749. The average molecular weight is 308 g/mol. The molecule has 0 bridgehead atoms. The Morgan fingerprint density at radius 3 is 2.57 bits per heavy atom. The number of rotatable bonds is 6. The number of nitrogens with one attached hydrogen (secondary N) is 1. The van der Waals surface area contributed by atoms with Crippen LogP contribution in [-0.2, 0) is 0 Å². The second-order valence-corrected chi connectivity index (χ2v) is 8.65. The molecular formula is C19H33NS. The van der Waals surface area contributed by atoms with Crippen molar-refractivity contribution in [1.29, 1.82) is 0 Å². The lowest BCUT2D eigenvalue weighted by Gasteiger charge is -2.38. The molecule has 1 fully saturated rings. The molecule has 2 rings (SSSR count). The molecule has 0 saturated heterocycles. The molecule has 1 aromatic heterocycles. The van der Waals surface area contributed by atoms with Gasteiger partial charge in [-0.3, -0.25) is 0 Å². The Labute approximate surface area is 135 Å². The van der Waals surface area contributed by atoms with E-state index in [9.17, 15) is 0 Å². The second kappa shape index (κ2) is 7.78. The zero-order valence-electron chi connectivity index (χ0n) is 14.5. The van der Waals surface area contributed by atoms with E-state index in [1.54, 1.807) is 4.88 Å². The van der Waals surface area contributed by atoms with Gasteiger partial charge in [-0.05, 0) is 85.9 Å². The molecule has 1 heterocycles. The molecule has 1 aliphatic rings. The zero-order chi connectivity index (χ0) is 15.4. The molecule has 3 unspecified atom stereocenters. The number of hydrogen-bond acceptors (Lipinski definition) is 2. The molecule has 0 aliphatic heterocycles. The van der Waals surface area contributed by atoms with E-state index >= 15 is 0 Å². The summed E-state index contributed by atoms with van der Waals surface area (Å²) >= 11 is 1.99. The molecule has 1 N–H and O–H groups in total. The highest BCUT2D eigenvalue weighted by Crippen LogP contribution is 2.45. The minimum atomic E-state index is 0.749. The van der Waals surface area contributed by atoms with E-state index in [0.717, 1.165) is 36.1 Å². The van der Waals surface area contributed by atoms with E-state index in [-0.39, 0.29) is 0 Å². The van der Waals surface area contributed by atoms with Crippen molar-refractivity contribution in [3.8, 4) is 0 Å². The lowest BCUT2D eigenvalue weighted by Crippen LogP contribution is -2.34. The third kappa shape index (κ3) is 4.56. The van der Waals surface area contributed by atoms with Crippen LogP contribution >= 0.6 is 11.3 Å². The predicted octanol–water partition coefficient (Wildman–Crippen LogP) is 5.46. The van der Waals surface area contributed by atoms with Crippen LogP contribution in [0.3, 0.4) is 0 Å². The maximum Gasteiger partial charge on any atom is 0.0109 e. The zero-order valence-corrected chi connectivity index (χ0v) is 15.3. The van der Waals surface area contributed by atoms with Crippen LogP contribution in [0.15, 0.2) is 11.4 Å². The SMILES string of the molecule is Cc1ccsc1C1CC(C(C)C)CCC1CNCC(C)C. The van der Waals surface area contributed by atoms with Crippen molar-refractivity contribution in [3.63, 3.8) is 0 Å². The third-order valence-electron chi connectivity index (χ3n) is 5.17. The third-order valence-corrected chi connectivity index (χ3v) is 6.33. The summed E-state index contributed by atoms with van der Waals surface area (Å²) in [6, 6.07) is 2.30. The smallest absolute Gasteiger partial charge is 0.0109 e. The largest absolute Gasteiger partial charge is 0.316 e. The average Bonchev–Trinajstić information content (AvgIpc) is 2.84. The molecule has 0 amide bonds. The van der Waals surface area contributed by atoms with Crippen LogP contribution < -0.4 is 5.32 Å². The van der Waals surface area contributed by atoms with Crippen molar-refractivity contribution in [2.24, 2.45) is 23.7 Å². The van der Waals surface area contributed by atoms with Gasteiger partial charge in [0.05, 0.1) is 0 Å². The van der Waals surface area contributed by atoms with Crippen LogP contribution in [-0.4, -0.2) is 13.1 Å². The molecule has 0 aromatic carbocycles. The van der Waals surface area contributed by atoms with Gasteiger partial charge in [0.1, 0.15) is 0 Å². The van der Waals surface area contributed by atoms with Crippen LogP contribution in [0.25, 0.3) is 0 Å². The molecule has 120 valence electrons. The maximum atomic E-state index is 3.71. The summed E-state index contributed by atoms with van der Waals surface area (Å²) in [5.74, 6) is 4.11. The van der Waals surface area contributed by atoms with E-state index in [0.29, 0.717) is 0 Å². The van der Waals surface area contributed by atoms with Crippen molar-refractivity contribution in [3.05, 3.63) is 21.9 Å². The normalized spacial score (nSPS) is 26.7. The Hall–Kier alpha value is -0.340. The van der Waals surface area contributed by atoms with E-state index < -0.39 is 0 Å². The highest BCUT2D eigenvalue weighted by Gasteiger charge is 2.33. The van der Waals surface area contributed by atoms with Gasteiger partial charge in [0.15, 0.2) is 0 Å². The van der Waals surface area contributed by atoms with Gasteiger partial charge in [0, 0.05) is 4.88 Å². The second-order valence-electron chi connectivity index (χ2n) is 7.70. The molecule has 1 aliphatic carbocycles. The Kier molecular flexibility index (Phi) is 6.31. The highest BCUT2D eigenvalue weighted by molar-refractivity contribution is 7.10. The Bertz CT molecular complexity index is 419. The fourth-order valence-corrected chi connectivity index (χ4v) is 4.89. The molecular weight excluding hydrogens is 274 g/mol. The van der Waals surface area contributed by atoms with Crippen LogP contribution in [0.1, 0.15) is 63.3 Å². The molecule has 0 spiro atoms. The molecule has 1 nitrogen and oxygen atoms in total. The summed E-state index contributed by atoms with van der Waals surface area (Å²) in [7, 11) is 0. The standard InChI is InChI=1S/C19H33NS/c1-13(2)11-20-12-17-7-6-16(14(3)4)10-18(17)19-15(5)8-9-21-19/h8-9,13-14,16-18,20H,6-7,10-12H2,1-5H3. The quantitative estimate of drug-likeness (QED) is 0.736. The summed E-state index contributed by atoms with van der Waals surface area (Å²) in [5.41, 5.74) is 1.52. The van der Waals surface area contributed by atoms with Gasteiger partial charge in [0.2, 0.25) is 0 Å². The number of thiophene rings is 1. The van der Waals surface area contributed by atoms with Crippen LogP contribution in [0.5, 0.6) is 0 Å². The predicted molar refractivity (Wildman–Crippen MR) is 95.2 cm³/mol. The lowest BCUT2D eigenvalue weighted by atomic mass is 9.69. The van der Waals surface area contributed by atoms with Gasteiger partial charge >= 0.3 is 0 Å². The van der Waals surface area contributed by atoms with Gasteiger partial charge < -0.3 is 5.32 Å². The van der Waals surface area contributed by atoms with Crippen LogP contribution in [0, 0.1) is 30.6 Å². The summed E-state index contributed by atoms with van der Waals surface area (Å²) < 4.78 is 0. The summed E-state index contributed by atoms with van der Waals surface area (Å²) in [5, 5.41) is 5.99. The van der Waals surface area contributed by atoms with Gasteiger partial charge in [0.25, 0.3) is 0 Å².